The Hall–Kier alpha value is -3.09. The first kappa shape index (κ1) is 15.8. The highest BCUT2D eigenvalue weighted by molar-refractivity contribution is 5.93. The molecule has 1 amide bonds. The highest BCUT2D eigenvalue weighted by atomic mass is 16.5. The maximum atomic E-state index is 11.9. The lowest BCUT2D eigenvalue weighted by Crippen LogP contribution is -2.22. The van der Waals surface area contributed by atoms with E-state index in [0.717, 1.165) is 22.2 Å². The minimum atomic E-state index is -0.448. The van der Waals surface area contributed by atoms with Crippen LogP contribution in [0.4, 0.5) is 5.82 Å². The Morgan fingerprint density at radius 3 is 2.88 bits per heavy atom. The molecule has 3 rings (SSSR count). The minimum Gasteiger partial charge on any atom is -0.455 e. The third-order valence-electron chi connectivity index (χ3n) is 3.64. The molecule has 0 radical (unpaired) electrons. The third-order valence-corrected chi connectivity index (χ3v) is 3.64. The van der Waals surface area contributed by atoms with Crippen molar-refractivity contribution in [3.8, 4) is 0 Å². The van der Waals surface area contributed by atoms with Gasteiger partial charge in [0.15, 0.2) is 6.61 Å². The number of carbonyl (C=O) groups excluding carboxylic acids is 2. The van der Waals surface area contributed by atoms with Gasteiger partial charge < -0.3 is 15.0 Å². The van der Waals surface area contributed by atoms with Gasteiger partial charge >= 0.3 is 5.97 Å². The molecule has 7 nitrogen and oxygen atoms in total. The Labute approximate surface area is 138 Å². The van der Waals surface area contributed by atoms with Crippen LogP contribution in [0, 0.1) is 6.92 Å². The van der Waals surface area contributed by atoms with Gasteiger partial charge in [0.05, 0.1) is 12.1 Å². The zero-order valence-corrected chi connectivity index (χ0v) is 13.5. The molecule has 0 aliphatic heterocycles. The second kappa shape index (κ2) is 6.57. The van der Waals surface area contributed by atoms with Gasteiger partial charge in [0, 0.05) is 30.2 Å². The van der Waals surface area contributed by atoms with Gasteiger partial charge in [-0.3, -0.25) is 14.3 Å². The van der Waals surface area contributed by atoms with Crippen LogP contribution in [0.2, 0.25) is 0 Å². The number of hydrogen-bond acceptors (Lipinski definition) is 4. The predicted molar refractivity (Wildman–Crippen MR) is 89.5 cm³/mol. The lowest BCUT2D eigenvalue weighted by molar-refractivity contribution is -0.146. The molecule has 0 bridgehead atoms. The summed E-state index contributed by atoms with van der Waals surface area (Å²) in [6.07, 6.45) is 1.90. The molecule has 0 unspecified atom stereocenters. The van der Waals surface area contributed by atoms with Crippen molar-refractivity contribution in [3.63, 3.8) is 0 Å². The number of aromatic nitrogens is 3. The lowest BCUT2D eigenvalue weighted by atomic mass is 10.1. The average molecular weight is 326 g/mol. The first-order chi connectivity index (χ1) is 11.5. The van der Waals surface area contributed by atoms with Crippen LogP contribution in [0.15, 0.2) is 36.5 Å². The molecule has 2 heterocycles. The molecular formula is C17H18N4O3. The summed E-state index contributed by atoms with van der Waals surface area (Å²) in [5.74, 6) is -0.286. The number of benzene rings is 1. The lowest BCUT2D eigenvalue weighted by Gasteiger charge is -2.06. The summed E-state index contributed by atoms with van der Waals surface area (Å²) < 4.78 is 6.61. The molecule has 0 atom stereocenters. The largest absolute Gasteiger partial charge is 0.455 e. The van der Waals surface area contributed by atoms with E-state index in [4.69, 9.17) is 4.74 Å². The Morgan fingerprint density at radius 1 is 1.33 bits per heavy atom. The zero-order valence-electron chi connectivity index (χ0n) is 13.5. The molecule has 7 heteroatoms. The van der Waals surface area contributed by atoms with Gasteiger partial charge in [0.25, 0.3) is 5.91 Å². The summed E-state index contributed by atoms with van der Waals surface area (Å²) in [5.41, 5.74) is 2.60. The van der Waals surface area contributed by atoms with Gasteiger partial charge in [-0.25, -0.2) is 0 Å². The smallest absolute Gasteiger partial charge is 0.310 e. The van der Waals surface area contributed by atoms with Gasteiger partial charge in [-0.05, 0) is 18.6 Å². The quantitative estimate of drug-likeness (QED) is 0.701. The molecule has 0 aliphatic carbocycles. The Morgan fingerprint density at radius 2 is 2.12 bits per heavy atom. The number of fused-ring (bicyclic) bond motifs is 1. The number of nitrogens with one attached hydrogen (secondary N) is 2. The van der Waals surface area contributed by atoms with Crippen molar-refractivity contribution >= 4 is 28.6 Å². The molecule has 3 aromatic rings. The fraction of sp³-hybridized carbons (Fsp3) is 0.235. The van der Waals surface area contributed by atoms with Crippen molar-refractivity contribution in [1.82, 2.24) is 14.8 Å². The van der Waals surface area contributed by atoms with Gasteiger partial charge in [-0.15, -0.1) is 0 Å². The molecule has 24 heavy (non-hydrogen) atoms. The van der Waals surface area contributed by atoms with Crippen LogP contribution < -0.4 is 5.32 Å². The molecule has 1 aromatic carbocycles. The fourth-order valence-corrected chi connectivity index (χ4v) is 2.54. The Kier molecular flexibility index (Phi) is 4.33. The first-order valence-electron chi connectivity index (χ1n) is 7.54. The number of hydrogen-bond donors (Lipinski definition) is 2. The van der Waals surface area contributed by atoms with Crippen molar-refractivity contribution in [1.29, 1.82) is 0 Å². The molecule has 0 aliphatic rings. The standard InChI is InChI=1S/C17H18N4O3/c1-11-7-15(21(2)20-11)19-16(22)10-24-17(23)8-12-9-18-14-6-4-3-5-13(12)14/h3-7,9,18H,8,10H2,1-2H3,(H,19,22). The monoisotopic (exact) mass is 326 g/mol. The molecule has 0 saturated heterocycles. The number of amides is 1. The number of carbonyl (C=O) groups is 2. The highest BCUT2D eigenvalue weighted by Crippen LogP contribution is 2.18. The predicted octanol–water partition coefficient (Wildman–Crippen LogP) is 1.93. The molecule has 0 fully saturated rings. The third kappa shape index (κ3) is 3.45. The van der Waals surface area contributed by atoms with Crippen LogP contribution >= 0.6 is 0 Å². The van der Waals surface area contributed by atoms with E-state index in [1.54, 1.807) is 24.0 Å². The van der Waals surface area contributed by atoms with E-state index in [0.29, 0.717) is 5.82 Å². The number of rotatable bonds is 5. The van der Waals surface area contributed by atoms with E-state index in [2.05, 4.69) is 15.4 Å². The first-order valence-corrected chi connectivity index (χ1v) is 7.54. The maximum absolute atomic E-state index is 11.9. The Balaban J connectivity index is 1.54. The van der Waals surface area contributed by atoms with Crippen molar-refractivity contribution in [2.45, 2.75) is 13.3 Å². The van der Waals surface area contributed by atoms with Crippen molar-refractivity contribution < 1.29 is 14.3 Å². The topological polar surface area (TPSA) is 89.0 Å². The van der Waals surface area contributed by atoms with Gasteiger partial charge in [0.1, 0.15) is 5.82 Å². The number of para-hydroxylation sites is 1. The number of aryl methyl sites for hydroxylation is 2. The second-order valence-electron chi connectivity index (χ2n) is 5.54. The van der Waals surface area contributed by atoms with Crippen LogP contribution in [0.1, 0.15) is 11.3 Å². The van der Waals surface area contributed by atoms with Crippen LogP contribution in [0.3, 0.4) is 0 Å². The molecular weight excluding hydrogens is 308 g/mol. The molecule has 2 N–H and O–H groups in total. The van der Waals surface area contributed by atoms with E-state index < -0.39 is 11.9 Å². The van der Waals surface area contributed by atoms with E-state index in [1.165, 1.54) is 0 Å². The van der Waals surface area contributed by atoms with Crippen LogP contribution in [-0.4, -0.2) is 33.2 Å². The number of anilines is 1. The fourth-order valence-electron chi connectivity index (χ4n) is 2.54. The number of esters is 1. The van der Waals surface area contributed by atoms with Gasteiger partial charge in [-0.2, -0.15) is 5.10 Å². The number of nitrogens with zero attached hydrogens (tertiary/aromatic N) is 2. The van der Waals surface area contributed by atoms with E-state index in [9.17, 15) is 9.59 Å². The summed E-state index contributed by atoms with van der Waals surface area (Å²) in [4.78, 5) is 26.9. The van der Waals surface area contributed by atoms with E-state index in [-0.39, 0.29) is 13.0 Å². The molecule has 0 saturated carbocycles. The summed E-state index contributed by atoms with van der Waals surface area (Å²) in [6, 6.07) is 9.45. The summed E-state index contributed by atoms with van der Waals surface area (Å²) in [7, 11) is 1.73. The van der Waals surface area contributed by atoms with Crippen LogP contribution in [0.25, 0.3) is 10.9 Å². The normalized spacial score (nSPS) is 10.8. The maximum Gasteiger partial charge on any atom is 0.310 e. The summed E-state index contributed by atoms with van der Waals surface area (Å²) in [6.45, 7) is 1.50. The van der Waals surface area contributed by atoms with E-state index >= 15 is 0 Å². The zero-order chi connectivity index (χ0) is 17.1. The highest BCUT2D eigenvalue weighted by Gasteiger charge is 2.13. The molecule has 2 aromatic heterocycles. The number of ether oxygens (including phenoxy) is 1. The van der Waals surface area contributed by atoms with Crippen molar-refractivity contribution in [2.75, 3.05) is 11.9 Å². The van der Waals surface area contributed by atoms with Crippen molar-refractivity contribution in [2.24, 2.45) is 7.05 Å². The number of H-pyrrole nitrogens is 1. The second-order valence-corrected chi connectivity index (χ2v) is 5.54. The minimum absolute atomic E-state index is 0.113. The average Bonchev–Trinajstić information content (AvgIpc) is 3.09. The Bertz CT molecular complexity index is 894. The summed E-state index contributed by atoms with van der Waals surface area (Å²) >= 11 is 0. The van der Waals surface area contributed by atoms with Gasteiger partial charge in [0.2, 0.25) is 0 Å². The SMILES string of the molecule is Cc1cc(NC(=O)COC(=O)Cc2c[nH]c3ccccc23)n(C)n1. The van der Waals surface area contributed by atoms with E-state index in [1.807, 2.05) is 31.2 Å². The van der Waals surface area contributed by atoms with Gasteiger partial charge in [-0.1, -0.05) is 18.2 Å². The van der Waals surface area contributed by atoms with Crippen LogP contribution in [-0.2, 0) is 27.8 Å². The number of aromatic amines is 1. The van der Waals surface area contributed by atoms with Crippen molar-refractivity contribution in [3.05, 3.63) is 47.8 Å². The summed E-state index contributed by atoms with van der Waals surface area (Å²) in [5, 5.41) is 7.76. The molecule has 0 spiro atoms. The van der Waals surface area contributed by atoms with Crippen LogP contribution in [0.5, 0.6) is 0 Å². The molecule has 124 valence electrons.